The van der Waals surface area contributed by atoms with Crippen LogP contribution in [-0.2, 0) is 16.0 Å². The van der Waals surface area contributed by atoms with Gasteiger partial charge in [0.1, 0.15) is 5.75 Å². The van der Waals surface area contributed by atoms with E-state index >= 15 is 0 Å². The Balaban J connectivity index is 1.30. The number of rotatable bonds is 8. The summed E-state index contributed by atoms with van der Waals surface area (Å²) in [4.78, 5) is 33.0. The number of hydrogen-bond acceptors (Lipinski definition) is 7. The number of likely N-dealkylation sites (N-methyl/N-ethyl adjacent to an activating group) is 1. The van der Waals surface area contributed by atoms with E-state index in [4.69, 9.17) is 25.6 Å². The Labute approximate surface area is 208 Å². The first-order valence-corrected chi connectivity index (χ1v) is 11.8. The first kappa shape index (κ1) is 24.7. The summed E-state index contributed by atoms with van der Waals surface area (Å²) in [6, 6.07) is 14.0. The molecule has 1 saturated heterocycles. The van der Waals surface area contributed by atoms with Gasteiger partial charge in [0.2, 0.25) is 0 Å². The van der Waals surface area contributed by atoms with Gasteiger partial charge in [-0.15, -0.1) is 0 Å². The van der Waals surface area contributed by atoms with E-state index in [1.807, 2.05) is 0 Å². The van der Waals surface area contributed by atoms with Crippen molar-refractivity contribution in [3.63, 3.8) is 0 Å². The van der Waals surface area contributed by atoms with Gasteiger partial charge in [-0.2, -0.15) is 4.98 Å². The number of benzene rings is 2. The number of carbonyl (C=O) groups is 2. The lowest BCUT2D eigenvalue weighted by atomic mass is 10.1. The Hall–Kier alpha value is -3.43. The van der Waals surface area contributed by atoms with Crippen molar-refractivity contribution in [3.8, 4) is 17.2 Å². The molecule has 1 aliphatic rings. The van der Waals surface area contributed by atoms with Crippen LogP contribution in [-0.4, -0.2) is 77.8 Å². The number of aromatic nitrogens is 2. The molecule has 3 aromatic rings. The SMILES string of the molecule is CC(Oc1cccc(Cl)c1)C(=O)N(C)CCc1noc(-c2ccc(C(=O)N3CCOCC3)cc2)n1. The van der Waals surface area contributed by atoms with Crippen LogP contribution in [0.2, 0.25) is 5.02 Å². The van der Waals surface area contributed by atoms with Gasteiger partial charge in [-0.05, 0) is 49.4 Å². The molecule has 184 valence electrons. The molecule has 4 rings (SSSR count). The zero-order valence-corrected chi connectivity index (χ0v) is 20.4. The second kappa shape index (κ2) is 11.3. The Morgan fingerprint density at radius 1 is 1.17 bits per heavy atom. The molecule has 1 aromatic heterocycles. The van der Waals surface area contributed by atoms with Gasteiger partial charge in [0, 0.05) is 49.3 Å². The molecule has 1 atom stereocenters. The quantitative estimate of drug-likeness (QED) is 0.469. The van der Waals surface area contributed by atoms with Gasteiger partial charge in [0.15, 0.2) is 11.9 Å². The van der Waals surface area contributed by atoms with Crippen molar-refractivity contribution in [1.82, 2.24) is 19.9 Å². The Kier molecular flexibility index (Phi) is 7.99. The lowest BCUT2D eigenvalue weighted by Gasteiger charge is -2.26. The van der Waals surface area contributed by atoms with Crippen molar-refractivity contribution in [2.45, 2.75) is 19.4 Å². The minimum atomic E-state index is -0.669. The van der Waals surface area contributed by atoms with Crippen LogP contribution >= 0.6 is 11.6 Å². The zero-order valence-electron chi connectivity index (χ0n) is 19.6. The van der Waals surface area contributed by atoms with Crippen LogP contribution in [0, 0.1) is 0 Å². The topological polar surface area (TPSA) is 98.0 Å². The maximum atomic E-state index is 12.6. The van der Waals surface area contributed by atoms with Crippen LogP contribution in [0.25, 0.3) is 11.5 Å². The van der Waals surface area contributed by atoms with Crippen molar-refractivity contribution in [2.24, 2.45) is 0 Å². The highest BCUT2D eigenvalue weighted by atomic mass is 35.5. The largest absolute Gasteiger partial charge is 0.481 e. The van der Waals surface area contributed by atoms with Crippen molar-refractivity contribution in [2.75, 3.05) is 39.9 Å². The second-order valence-electron chi connectivity index (χ2n) is 8.22. The average molecular weight is 499 g/mol. The number of hydrogen-bond donors (Lipinski definition) is 0. The van der Waals surface area contributed by atoms with Crippen LogP contribution in [0.3, 0.4) is 0 Å². The van der Waals surface area contributed by atoms with E-state index in [-0.39, 0.29) is 11.8 Å². The third-order valence-electron chi connectivity index (χ3n) is 5.65. The Bertz CT molecular complexity index is 1160. The highest BCUT2D eigenvalue weighted by Gasteiger charge is 2.21. The van der Waals surface area contributed by atoms with Gasteiger partial charge in [-0.25, -0.2) is 0 Å². The van der Waals surface area contributed by atoms with E-state index in [9.17, 15) is 9.59 Å². The van der Waals surface area contributed by atoms with E-state index in [0.29, 0.717) is 67.3 Å². The summed E-state index contributed by atoms with van der Waals surface area (Å²) >= 11 is 5.97. The van der Waals surface area contributed by atoms with Gasteiger partial charge in [-0.1, -0.05) is 22.8 Å². The van der Waals surface area contributed by atoms with Crippen LogP contribution in [0.15, 0.2) is 53.1 Å². The summed E-state index contributed by atoms with van der Waals surface area (Å²) in [5.74, 6) is 1.18. The smallest absolute Gasteiger partial charge is 0.263 e. The molecule has 1 unspecified atom stereocenters. The van der Waals surface area contributed by atoms with Crippen molar-refractivity contribution >= 4 is 23.4 Å². The number of nitrogens with zero attached hydrogens (tertiary/aromatic N) is 4. The van der Waals surface area contributed by atoms with Crippen molar-refractivity contribution in [3.05, 3.63) is 64.9 Å². The fraction of sp³-hybridized carbons (Fsp3) is 0.360. The predicted molar refractivity (Wildman–Crippen MR) is 129 cm³/mol. The fourth-order valence-electron chi connectivity index (χ4n) is 3.66. The molecule has 2 aromatic carbocycles. The van der Waals surface area contributed by atoms with Gasteiger partial charge >= 0.3 is 0 Å². The highest BCUT2D eigenvalue weighted by Crippen LogP contribution is 2.20. The third kappa shape index (κ3) is 6.37. The van der Waals surface area contributed by atoms with Gasteiger partial charge in [-0.3, -0.25) is 9.59 Å². The molecule has 10 heteroatoms. The van der Waals surface area contributed by atoms with Crippen molar-refractivity contribution < 1.29 is 23.6 Å². The monoisotopic (exact) mass is 498 g/mol. The minimum absolute atomic E-state index is 0.0210. The molecule has 0 saturated carbocycles. The molecule has 0 N–H and O–H groups in total. The first-order valence-electron chi connectivity index (χ1n) is 11.4. The lowest BCUT2D eigenvalue weighted by molar-refractivity contribution is -0.136. The summed E-state index contributed by atoms with van der Waals surface area (Å²) in [5.41, 5.74) is 1.32. The molecule has 1 aliphatic heterocycles. The van der Waals surface area contributed by atoms with Crippen LogP contribution in [0.4, 0.5) is 0 Å². The predicted octanol–water partition coefficient (Wildman–Crippen LogP) is 3.33. The molecule has 0 bridgehead atoms. The van der Waals surface area contributed by atoms with E-state index in [1.54, 1.807) is 72.3 Å². The van der Waals surface area contributed by atoms with E-state index in [1.165, 1.54) is 0 Å². The molecule has 0 spiro atoms. The minimum Gasteiger partial charge on any atom is -0.481 e. The third-order valence-corrected chi connectivity index (χ3v) is 5.88. The molecular weight excluding hydrogens is 472 g/mol. The van der Waals surface area contributed by atoms with Crippen LogP contribution in [0.1, 0.15) is 23.1 Å². The summed E-state index contributed by atoms with van der Waals surface area (Å²) < 4.78 is 16.4. The molecule has 9 nitrogen and oxygen atoms in total. The molecule has 2 heterocycles. The zero-order chi connectivity index (χ0) is 24.8. The summed E-state index contributed by atoms with van der Waals surface area (Å²) in [7, 11) is 1.70. The number of halogens is 1. The van der Waals surface area contributed by atoms with Gasteiger partial charge in [0.25, 0.3) is 17.7 Å². The fourth-order valence-corrected chi connectivity index (χ4v) is 3.84. The number of morpholine rings is 1. The number of carbonyl (C=O) groups excluding carboxylic acids is 2. The van der Waals surface area contributed by atoms with E-state index in [0.717, 1.165) is 5.56 Å². The molecule has 2 amide bonds. The molecule has 1 fully saturated rings. The van der Waals surface area contributed by atoms with Crippen molar-refractivity contribution in [1.29, 1.82) is 0 Å². The summed E-state index contributed by atoms with van der Waals surface area (Å²) in [5, 5.41) is 4.56. The van der Waals surface area contributed by atoms with Gasteiger partial charge in [0.05, 0.1) is 13.2 Å². The second-order valence-corrected chi connectivity index (χ2v) is 8.66. The van der Waals surface area contributed by atoms with E-state index < -0.39 is 6.10 Å². The molecular formula is C25H27ClN4O5. The average Bonchev–Trinajstić information content (AvgIpc) is 3.36. The molecule has 0 aliphatic carbocycles. The standard InChI is InChI=1S/C25H27ClN4O5/c1-17(34-21-5-3-4-20(26)16-21)24(31)29(2)11-10-22-27-23(35-28-22)18-6-8-19(9-7-18)25(32)30-12-14-33-15-13-30/h3-9,16-17H,10-15H2,1-2H3. The van der Waals surface area contributed by atoms with Crippen LogP contribution < -0.4 is 4.74 Å². The normalized spacial score (nSPS) is 14.4. The number of ether oxygens (including phenoxy) is 2. The Morgan fingerprint density at radius 2 is 1.91 bits per heavy atom. The first-order chi connectivity index (χ1) is 16.9. The lowest BCUT2D eigenvalue weighted by Crippen LogP contribution is -2.40. The number of amides is 2. The van der Waals surface area contributed by atoms with Gasteiger partial charge < -0.3 is 23.8 Å². The molecule has 35 heavy (non-hydrogen) atoms. The summed E-state index contributed by atoms with van der Waals surface area (Å²) in [6.45, 7) is 4.40. The summed E-state index contributed by atoms with van der Waals surface area (Å²) in [6.07, 6.45) is -0.249. The Morgan fingerprint density at radius 3 is 2.63 bits per heavy atom. The van der Waals surface area contributed by atoms with E-state index in [2.05, 4.69) is 10.1 Å². The maximum absolute atomic E-state index is 12.6. The highest BCUT2D eigenvalue weighted by molar-refractivity contribution is 6.30. The molecule has 0 radical (unpaired) electrons. The maximum Gasteiger partial charge on any atom is 0.263 e. The van der Waals surface area contributed by atoms with Crippen LogP contribution in [0.5, 0.6) is 5.75 Å².